The van der Waals surface area contributed by atoms with Gasteiger partial charge in [-0.1, -0.05) is 30.2 Å². The summed E-state index contributed by atoms with van der Waals surface area (Å²) in [6, 6.07) is 7.70. The predicted molar refractivity (Wildman–Crippen MR) is 73.8 cm³/mol. The highest BCUT2D eigenvalue weighted by Gasteiger charge is 2.14. The number of amides is 1. The topological polar surface area (TPSA) is 41.1 Å². The zero-order chi connectivity index (χ0) is 12.8. The van der Waals surface area contributed by atoms with Gasteiger partial charge in [0.25, 0.3) is 0 Å². The molecule has 0 aliphatic carbocycles. The lowest BCUT2D eigenvalue weighted by Crippen LogP contribution is -2.41. The Balaban J connectivity index is 1.82. The minimum atomic E-state index is 0.0889. The quantitative estimate of drug-likeness (QED) is 0.880. The van der Waals surface area contributed by atoms with Crippen molar-refractivity contribution in [3.63, 3.8) is 0 Å². The molecule has 2 rings (SSSR count). The molecule has 0 saturated carbocycles. The zero-order valence-corrected chi connectivity index (χ0v) is 11.2. The van der Waals surface area contributed by atoms with Gasteiger partial charge >= 0.3 is 0 Å². The van der Waals surface area contributed by atoms with E-state index in [1.807, 2.05) is 24.3 Å². The Bertz CT molecular complexity index is 383. The summed E-state index contributed by atoms with van der Waals surface area (Å²) in [4.78, 5) is 11.9. The molecule has 1 saturated heterocycles. The first-order chi connectivity index (χ1) is 8.74. The van der Waals surface area contributed by atoms with Crippen LogP contribution in [0.15, 0.2) is 24.3 Å². The Kier molecular flexibility index (Phi) is 5.02. The molecule has 0 aromatic heterocycles. The molecule has 1 amide bonds. The summed E-state index contributed by atoms with van der Waals surface area (Å²) < 4.78 is 0. The first-order valence-electron chi connectivity index (χ1n) is 6.48. The highest BCUT2D eigenvalue weighted by molar-refractivity contribution is 6.30. The SMILES string of the molecule is O=C(Cc1ccc(Cl)cc1)NC1CCCCNC1. The number of benzene rings is 1. The van der Waals surface area contributed by atoms with Crippen molar-refractivity contribution in [2.24, 2.45) is 0 Å². The van der Waals surface area contributed by atoms with E-state index < -0.39 is 0 Å². The summed E-state index contributed by atoms with van der Waals surface area (Å²) in [5.74, 6) is 0.0889. The molecule has 1 aromatic rings. The Morgan fingerprint density at radius 3 is 2.89 bits per heavy atom. The molecular weight excluding hydrogens is 248 g/mol. The minimum absolute atomic E-state index is 0.0889. The largest absolute Gasteiger partial charge is 0.352 e. The third kappa shape index (κ3) is 4.31. The molecule has 0 spiro atoms. The van der Waals surface area contributed by atoms with Crippen molar-refractivity contribution < 1.29 is 4.79 Å². The standard InChI is InChI=1S/C14H19ClN2O/c15-12-6-4-11(5-7-12)9-14(18)17-13-3-1-2-8-16-10-13/h4-7,13,16H,1-3,8-10H2,(H,17,18). The first-order valence-corrected chi connectivity index (χ1v) is 6.86. The lowest BCUT2D eigenvalue weighted by atomic mass is 10.1. The molecular formula is C14H19ClN2O. The van der Waals surface area contributed by atoms with E-state index in [9.17, 15) is 4.79 Å². The fourth-order valence-electron chi connectivity index (χ4n) is 2.21. The molecule has 1 unspecified atom stereocenters. The summed E-state index contributed by atoms with van der Waals surface area (Å²) in [5.41, 5.74) is 0.999. The van der Waals surface area contributed by atoms with Gasteiger partial charge in [-0.05, 0) is 37.1 Å². The van der Waals surface area contributed by atoms with Crippen LogP contribution in [0.1, 0.15) is 24.8 Å². The summed E-state index contributed by atoms with van der Waals surface area (Å²) in [6.45, 7) is 1.94. The van der Waals surface area contributed by atoms with Crippen molar-refractivity contribution >= 4 is 17.5 Å². The molecule has 1 atom stereocenters. The van der Waals surface area contributed by atoms with Crippen LogP contribution in [0, 0.1) is 0 Å². The van der Waals surface area contributed by atoms with Crippen LogP contribution in [-0.2, 0) is 11.2 Å². The van der Waals surface area contributed by atoms with Crippen LogP contribution >= 0.6 is 11.6 Å². The van der Waals surface area contributed by atoms with Gasteiger partial charge in [-0.2, -0.15) is 0 Å². The van der Waals surface area contributed by atoms with Gasteiger partial charge in [-0.3, -0.25) is 4.79 Å². The van der Waals surface area contributed by atoms with Crippen LogP contribution in [0.2, 0.25) is 5.02 Å². The van der Waals surface area contributed by atoms with Gasteiger partial charge < -0.3 is 10.6 Å². The van der Waals surface area contributed by atoms with E-state index in [0.717, 1.165) is 25.1 Å². The number of rotatable bonds is 3. The predicted octanol–water partition coefficient (Wildman–Crippen LogP) is 2.14. The average molecular weight is 267 g/mol. The van der Waals surface area contributed by atoms with Gasteiger partial charge in [-0.15, -0.1) is 0 Å². The second kappa shape index (κ2) is 6.76. The fourth-order valence-corrected chi connectivity index (χ4v) is 2.33. The van der Waals surface area contributed by atoms with Crippen LogP contribution in [0.4, 0.5) is 0 Å². The number of hydrogen-bond acceptors (Lipinski definition) is 2. The summed E-state index contributed by atoms with van der Waals surface area (Å²) in [7, 11) is 0. The third-order valence-electron chi connectivity index (χ3n) is 3.19. The number of carbonyl (C=O) groups is 1. The van der Waals surface area contributed by atoms with E-state index in [1.165, 1.54) is 12.8 Å². The first kappa shape index (κ1) is 13.4. The molecule has 1 heterocycles. The van der Waals surface area contributed by atoms with Crippen molar-refractivity contribution in [3.8, 4) is 0 Å². The molecule has 0 radical (unpaired) electrons. The summed E-state index contributed by atoms with van der Waals surface area (Å²) in [5, 5.41) is 7.13. The summed E-state index contributed by atoms with van der Waals surface area (Å²) >= 11 is 5.81. The van der Waals surface area contributed by atoms with E-state index >= 15 is 0 Å². The van der Waals surface area contributed by atoms with Crippen molar-refractivity contribution in [2.75, 3.05) is 13.1 Å². The highest BCUT2D eigenvalue weighted by atomic mass is 35.5. The Labute approximate surface area is 113 Å². The van der Waals surface area contributed by atoms with Crippen molar-refractivity contribution in [3.05, 3.63) is 34.9 Å². The van der Waals surface area contributed by atoms with Gasteiger partial charge in [0, 0.05) is 17.6 Å². The maximum atomic E-state index is 11.9. The van der Waals surface area contributed by atoms with E-state index in [-0.39, 0.29) is 11.9 Å². The molecule has 3 nitrogen and oxygen atoms in total. The molecule has 0 bridgehead atoms. The summed E-state index contributed by atoms with van der Waals surface area (Å²) in [6.07, 6.45) is 3.87. The van der Waals surface area contributed by atoms with Gasteiger partial charge in [0.05, 0.1) is 6.42 Å². The maximum absolute atomic E-state index is 11.9. The average Bonchev–Trinajstić information content (AvgIpc) is 2.61. The molecule has 1 fully saturated rings. The normalized spacial score (nSPS) is 20.2. The molecule has 1 aliphatic heterocycles. The van der Waals surface area contributed by atoms with E-state index in [0.29, 0.717) is 11.4 Å². The van der Waals surface area contributed by atoms with Gasteiger partial charge in [0.15, 0.2) is 0 Å². The lowest BCUT2D eigenvalue weighted by molar-refractivity contribution is -0.121. The Morgan fingerprint density at radius 1 is 1.33 bits per heavy atom. The van der Waals surface area contributed by atoms with Crippen LogP contribution in [-0.4, -0.2) is 25.0 Å². The Morgan fingerprint density at radius 2 is 2.11 bits per heavy atom. The number of hydrogen-bond donors (Lipinski definition) is 2. The van der Waals surface area contributed by atoms with Gasteiger partial charge in [-0.25, -0.2) is 0 Å². The molecule has 4 heteroatoms. The molecule has 18 heavy (non-hydrogen) atoms. The van der Waals surface area contributed by atoms with Crippen LogP contribution in [0.25, 0.3) is 0 Å². The molecule has 2 N–H and O–H groups in total. The number of halogens is 1. The molecule has 1 aliphatic rings. The van der Waals surface area contributed by atoms with Crippen molar-refractivity contribution in [1.29, 1.82) is 0 Å². The molecule has 1 aromatic carbocycles. The van der Waals surface area contributed by atoms with Crippen molar-refractivity contribution in [1.82, 2.24) is 10.6 Å². The van der Waals surface area contributed by atoms with E-state index in [2.05, 4.69) is 10.6 Å². The van der Waals surface area contributed by atoms with Crippen LogP contribution in [0.3, 0.4) is 0 Å². The van der Waals surface area contributed by atoms with Gasteiger partial charge in [0.1, 0.15) is 0 Å². The second-order valence-corrected chi connectivity index (χ2v) is 5.20. The van der Waals surface area contributed by atoms with E-state index in [4.69, 9.17) is 11.6 Å². The fraction of sp³-hybridized carbons (Fsp3) is 0.500. The zero-order valence-electron chi connectivity index (χ0n) is 10.4. The van der Waals surface area contributed by atoms with Crippen molar-refractivity contribution in [2.45, 2.75) is 31.7 Å². The second-order valence-electron chi connectivity index (χ2n) is 4.77. The number of nitrogens with one attached hydrogen (secondary N) is 2. The maximum Gasteiger partial charge on any atom is 0.224 e. The number of carbonyl (C=O) groups excluding carboxylic acids is 1. The molecule has 98 valence electrons. The highest BCUT2D eigenvalue weighted by Crippen LogP contribution is 2.10. The van der Waals surface area contributed by atoms with Crippen LogP contribution in [0.5, 0.6) is 0 Å². The van der Waals surface area contributed by atoms with E-state index in [1.54, 1.807) is 0 Å². The smallest absolute Gasteiger partial charge is 0.224 e. The Hall–Kier alpha value is -1.06. The van der Waals surface area contributed by atoms with Gasteiger partial charge in [0.2, 0.25) is 5.91 Å². The monoisotopic (exact) mass is 266 g/mol. The lowest BCUT2D eigenvalue weighted by Gasteiger charge is -2.16. The van der Waals surface area contributed by atoms with Crippen LogP contribution < -0.4 is 10.6 Å². The minimum Gasteiger partial charge on any atom is -0.352 e. The third-order valence-corrected chi connectivity index (χ3v) is 3.44.